The number of methoxy groups -OCH3 is 1. The molecule has 2 heterocycles. The quantitative estimate of drug-likeness (QED) is 0.213. The summed E-state index contributed by atoms with van der Waals surface area (Å²) in [6.07, 6.45) is 0.603. The molecule has 4 rings (SSSR count). The van der Waals surface area contributed by atoms with E-state index in [1.54, 1.807) is 18.2 Å². The number of likely N-dealkylation sites (tertiary alicyclic amines) is 1. The Kier molecular flexibility index (Phi) is 9.49. The van der Waals surface area contributed by atoms with E-state index in [0.717, 1.165) is 12.3 Å². The van der Waals surface area contributed by atoms with E-state index in [2.05, 4.69) is 9.88 Å². The van der Waals surface area contributed by atoms with Crippen LogP contribution in [-0.2, 0) is 4.79 Å². The van der Waals surface area contributed by atoms with Gasteiger partial charge in [-0.3, -0.25) is 9.78 Å². The van der Waals surface area contributed by atoms with Crippen molar-refractivity contribution in [3.05, 3.63) is 65.6 Å². The van der Waals surface area contributed by atoms with E-state index in [1.165, 1.54) is 31.0 Å². The summed E-state index contributed by atoms with van der Waals surface area (Å²) < 4.78 is 62.2. The predicted octanol–water partition coefficient (Wildman–Crippen LogP) is 6.66. The number of rotatable bonds is 11. The first kappa shape index (κ1) is 28.2. The molecule has 0 aliphatic carbocycles. The van der Waals surface area contributed by atoms with E-state index in [0.29, 0.717) is 59.8 Å². The molecule has 1 aromatic heterocycles. The van der Waals surface area contributed by atoms with Gasteiger partial charge in [0.1, 0.15) is 29.4 Å². The first-order valence-electron chi connectivity index (χ1n) is 12.5. The summed E-state index contributed by atoms with van der Waals surface area (Å²) in [6, 6.07) is 8.32. The number of aromatic nitrogens is 1. The SMILES string of the molecule is COc1ccc2ncc(F)c([C@H](F)CCC3CCN(CCSc4cc(F)cc(F)c4)CC3CC(=O)O)c2c1. The molecule has 1 saturated heterocycles. The third kappa shape index (κ3) is 7.17. The Balaban J connectivity index is 1.37. The van der Waals surface area contributed by atoms with Crippen LogP contribution in [0.25, 0.3) is 10.9 Å². The van der Waals surface area contributed by atoms with Crippen molar-refractivity contribution in [3.8, 4) is 5.75 Å². The zero-order valence-electron chi connectivity index (χ0n) is 21.0. The fraction of sp³-hybridized carbons (Fsp3) is 0.429. The number of benzene rings is 2. The second-order valence-electron chi connectivity index (χ2n) is 9.61. The van der Waals surface area contributed by atoms with Crippen LogP contribution < -0.4 is 4.74 Å². The molecule has 10 heteroatoms. The summed E-state index contributed by atoms with van der Waals surface area (Å²) in [5, 5.41) is 9.84. The minimum Gasteiger partial charge on any atom is -0.497 e. The summed E-state index contributed by atoms with van der Waals surface area (Å²) in [5.74, 6) is -2.00. The number of halogens is 4. The Bertz CT molecular complexity index is 1260. The highest BCUT2D eigenvalue weighted by Gasteiger charge is 2.32. The van der Waals surface area contributed by atoms with Gasteiger partial charge < -0.3 is 14.7 Å². The van der Waals surface area contributed by atoms with E-state index < -0.39 is 29.6 Å². The van der Waals surface area contributed by atoms with Gasteiger partial charge in [-0.2, -0.15) is 0 Å². The number of thioether (sulfide) groups is 1. The fourth-order valence-corrected chi connectivity index (χ4v) is 6.19. The molecule has 1 aliphatic heterocycles. The molecule has 0 radical (unpaired) electrons. The first-order chi connectivity index (χ1) is 18.2. The number of carboxylic acid groups (broad SMARTS) is 1. The van der Waals surface area contributed by atoms with Crippen LogP contribution >= 0.6 is 11.8 Å². The molecule has 0 amide bonds. The number of carboxylic acids is 1. The average Bonchev–Trinajstić information content (AvgIpc) is 2.86. The van der Waals surface area contributed by atoms with E-state index in [9.17, 15) is 23.1 Å². The smallest absolute Gasteiger partial charge is 0.303 e. The largest absolute Gasteiger partial charge is 0.497 e. The van der Waals surface area contributed by atoms with Crippen molar-refractivity contribution in [2.45, 2.75) is 36.8 Å². The summed E-state index contributed by atoms with van der Waals surface area (Å²) in [7, 11) is 1.48. The van der Waals surface area contributed by atoms with Crippen LogP contribution in [0.15, 0.2) is 47.5 Å². The summed E-state index contributed by atoms with van der Waals surface area (Å²) >= 11 is 1.34. The van der Waals surface area contributed by atoms with Crippen LogP contribution in [0.1, 0.15) is 37.4 Å². The molecule has 0 saturated carbocycles. The monoisotopic (exact) mass is 550 g/mol. The van der Waals surface area contributed by atoms with Gasteiger partial charge in [0, 0.05) is 47.2 Å². The number of ether oxygens (including phenoxy) is 1. The molecule has 2 aromatic carbocycles. The van der Waals surface area contributed by atoms with Crippen molar-refractivity contribution in [1.82, 2.24) is 9.88 Å². The number of nitrogens with zero attached hydrogens (tertiary/aromatic N) is 2. The van der Waals surface area contributed by atoms with Crippen molar-refractivity contribution in [1.29, 1.82) is 0 Å². The number of pyridine rings is 1. The standard InChI is InChI=1S/C28H30F4N2O3S/c1-37-21-3-5-26-23(14-21)28(25(32)15-33-26)24(31)4-2-17-6-7-34(16-18(17)10-27(35)36)8-9-38-22-12-19(29)11-20(30)13-22/h3,5,11-15,17-18,24H,2,4,6-10,16H2,1H3,(H,35,36)/t17?,18?,24-/m1/s1. The van der Waals surface area contributed by atoms with Gasteiger partial charge in [-0.25, -0.2) is 17.6 Å². The predicted molar refractivity (Wildman–Crippen MR) is 139 cm³/mol. The van der Waals surface area contributed by atoms with Gasteiger partial charge in [-0.15, -0.1) is 11.8 Å². The lowest BCUT2D eigenvalue weighted by Gasteiger charge is -2.38. The zero-order valence-corrected chi connectivity index (χ0v) is 21.8. The highest BCUT2D eigenvalue weighted by atomic mass is 32.2. The lowest BCUT2D eigenvalue weighted by Crippen LogP contribution is -2.42. The molecule has 0 spiro atoms. The van der Waals surface area contributed by atoms with Gasteiger partial charge in [-0.05, 0) is 68.0 Å². The lowest BCUT2D eigenvalue weighted by atomic mass is 9.79. The van der Waals surface area contributed by atoms with E-state index in [4.69, 9.17) is 4.74 Å². The Labute approximate surface area is 223 Å². The van der Waals surface area contributed by atoms with Crippen LogP contribution in [0.3, 0.4) is 0 Å². The normalized spacial score (nSPS) is 19.0. The highest BCUT2D eigenvalue weighted by Crippen LogP contribution is 2.37. The minimum atomic E-state index is -1.57. The maximum Gasteiger partial charge on any atom is 0.303 e. The van der Waals surface area contributed by atoms with Crippen molar-refractivity contribution in [2.75, 3.05) is 32.5 Å². The van der Waals surface area contributed by atoms with Crippen LogP contribution in [-0.4, -0.2) is 53.5 Å². The number of hydrogen-bond acceptors (Lipinski definition) is 5. The van der Waals surface area contributed by atoms with Crippen LogP contribution in [0, 0.1) is 29.3 Å². The van der Waals surface area contributed by atoms with Gasteiger partial charge >= 0.3 is 5.97 Å². The Morgan fingerprint density at radius 3 is 2.66 bits per heavy atom. The number of aliphatic carboxylic acids is 1. The molecular weight excluding hydrogens is 520 g/mol. The molecule has 3 atom stereocenters. The van der Waals surface area contributed by atoms with Gasteiger partial charge in [0.25, 0.3) is 0 Å². The van der Waals surface area contributed by atoms with Crippen molar-refractivity contribution >= 4 is 28.6 Å². The van der Waals surface area contributed by atoms with Crippen LogP contribution in [0.5, 0.6) is 5.75 Å². The molecule has 1 fully saturated rings. The molecule has 2 unspecified atom stereocenters. The second kappa shape index (κ2) is 12.8. The Morgan fingerprint density at radius 2 is 1.95 bits per heavy atom. The Hall–Kier alpha value is -2.85. The highest BCUT2D eigenvalue weighted by molar-refractivity contribution is 7.99. The third-order valence-corrected chi connectivity index (χ3v) is 8.05. The van der Waals surface area contributed by atoms with Gasteiger partial charge in [0.15, 0.2) is 0 Å². The summed E-state index contributed by atoms with van der Waals surface area (Å²) in [4.78, 5) is 18.2. The number of fused-ring (bicyclic) bond motifs is 1. The Morgan fingerprint density at radius 1 is 1.18 bits per heavy atom. The summed E-state index contributed by atoms with van der Waals surface area (Å²) in [6.45, 7) is 1.88. The molecular formula is C28H30F4N2O3S. The molecule has 0 bridgehead atoms. The number of piperidine rings is 1. The van der Waals surface area contributed by atoms with Gasteiger partial charge in [-0.1, -0.05) is 0 Å². The maximum absolute atomic E-state index is 15.5. The minimum absolute atomic E-state index is 0.0173. The molecule has 38 heavy (non-hydrogen) atoms. The van der Waals surface area contributed by atoms with Crippen molar-refractivity contribution < 1.29 is 32.2 Å². The van der Waals surface area contributed by atoms with Crippen LogP contribution in [0.4, 0.5) is 17.6 Å². The molecule has 1 aliphatic rings. The third-order valence-electron chi connectivity index (χ3n) is 7.10. The van der Waals surface area contributed by atoms with E-state index in [1.807, 2.05) is 0 Å². The number of carbonyl (C=O) groups is 1. The van der Waals surface area contributed by atoms with Crippen molar-refractivity contribution in [3.63, 3.8) is 0 Å². The van der Waals surface area contributed by atoms with Gasteiger partial charge in [0.05, 0.1) is 18.8 Å². The summed E-state index contributed by atoms with van der Waals surface area (Å²) in [5.41, 5.74) is 0.424. The molecule has 1 N–H and O–H groups in total. The molecule has 3 aromatic rings. The topological polar surface area (TPSA) is 62.7 Å². The van der Waals surface area contributed by atoms with Crippen LogP contribution in [0.2, 0.25) is 0 Å². The molecule has 5 nitrogen and oxygen atoms in total. The van der Waals surface area contributed by atoms with Gasteiger partial charge in [0.2, 0.25) is 0 Å². The lowest BCUT2D eigenvalue weighted by molar-refractivity contribution is -0.139. The number of alkyl halides is 1. The fourth-order valence-electron chi connectivity index (χ4n) is 5.22. The average molecular weight is 551 g/mol. The van der Waals surface area contributed by atoms with E-state index in [-0.39, 0.29) is 30.2 Å². The first-order valence-corrected chi connectivity index (χ1v) is 13.5. The van der Waals surface area contributed by atoms with E-state index >= 15 is 4.39 Å². The maximum atomic E-state index is 15.5. The second-order valence-corrected chi connectivity index (χ2v) is 10.8. The molecule has 204 valence electrons. The van der Waals surface area contributed by atoms with Crippen molar-refractivity contribution in [2.24, 2.45) is 11.8 Å². The zero-order chi connectivity index (χ0) is 27.2. The number of hydrogen-bond donors (Lipinski definition) is 1.